The van der Waals surface area contributed by atoms with Crippen LogP contribution in [0.2, 0.25) is 0 Å². The van der Waals surface area contributed by atoms with Crippen LogP contribution in [0.1, 0.15) is 65.7 Å². The smallest absolute Gasteiger partial charge is 0.330 e. The molecule has 0 bridgehead atoms. The highest BCUT2D eigenvalue weighted by atomic mass is 16.5. The Morgan fingerprint density at radius 2 is 1.81 bits per heavy atom. The van der Waals surface area contributed by atoms with E-state index < -0.39 is 59.4 Å². The molecule has 1 aliphatic heterocycles. The van der Waals surface area contributed by atoms with E-state index in [2.05, 4.69) is 27.5 Å². The van der Waals surface area contributed by atoms with Crippen molar-refractivity contribution in [3.05, 3.63) is 49.2 Å². The fraction of sp³-hybridized carbons (Fsp3) is 0.543. The van der Waals surface area contributed by atoms with Gasteiger partial charge in [0.25, 0.3) is 0 Å². The topological polar surface area (TPSA) is 167 Å². The first-order chi connectivity index (χ1) is 22.4. The fourth-order valence-corrected chi connectivity index (χ4v) is 7.06. The maximum absolute atomic E-state index is 14.4. The lowest BCUT2D eigenvalue weighted by Gasteiger charge is -2.34. The summed E-state index contributed by atoms with van der Waals surface area (Å²) in [5.74, 6) is -3.31. The molecule has 12 nitrogen and oxygen atoms in total. The highest BCUT2D eigenvalue weighted by Crippen LogP contribution is 2.45. The standard InChI is InChI=1S/C35H45N5O7/c1-5-23-18-35(23,34(45)46)39-31(42)27-17-24(47-28-15-16-36-26-14-10-9-13-25(26)28)19-40(27)33(44)29(20(2)3)38-32(43)30(37-21(4)41)22-11-7-6-8-12-22/h5,9-10,13-16,20,22-24,27,29-30H,1,6-8,11-12,17-19H2,2-4H3,(H,37,41)(H,38,43)(H,39,42)(H,45,46)/t23-,24-,27+,29+,30+,35-/m1/s1. The Labute approximate surface area is 274 Å². The van der Waals surface area contributed by atoms with Gasteiger partial charge in [-0.2, -0.15) is 0 Å². The predicted octanol–water partition coefficient (Wildman–Crippen LogP) is 2.95. The number of amides is 4. The molecule has 2 aromatic rings. The Balaban J connectivity index is 1.40. The van der Waals surface area contributed by atoms with Crippen LogP contribution in [-0.4, -0.2) is 80.9 Å². The molecule has 4 amide bonds. The van der Waals surface area contributed by atoms with Crippen molar-refractivity contribution in [2.45, 2.75) is 95.5 Å². The number of carbonyl (C=O) groups is 5. The minimum absolute atomic E-state index is 0.0371. The van der Waals surface area contributed by atoms with Crippen molar-refractivity contribution in [2.24, 2.45) is 17.8 Å². The molecule has 2 aliphatic carbocycles. The molecule has 47 heavy (non-hydrogen) atoms. The molecule has 5 rings (SSSR count). The summed E-state index contributed by atoms with van der Waals surface area (Å²) in [5.41, 5.74) is -0.752. The van der Waals surface area contributed by atoms with Gasteiger partial charge in [-0.3, -0.25) is 24.2 Å². The van der Waals surface area contributed by atoms with Crippen LogP contribution in [0, 0.1) is 17.8 Å². The number of rotatable bonds is 12. The fourth-order valence-electron chi connectivity index (χ4n) is 7.06. The third-order valence-electron chi connectivity index (χ3n) is 9.77. The second-order valence-corrected chi connectivity index (χ2v) is 13.4. The monoisotopic (exact) mass is 647 g/mol. The van der Waals surface area contributed by atoms with Gasteiger partial charge in [-0.15, -0.1) is 6.58 Å². The summed E-state index contributed by atoms with van der Waals surface area (Å²) in [6.45, 7) is 8.71. The number of pyridine rings is 1. The molecule has 1 saturated heterocycles. The number of carbonyl (C=O) groups excluding carboxylic acids is 4. The van der Waals surface area contributed by atoms with Crippen LogP contribution in [0.25, 0.3) is 10.9 Å². The summed E-state index contributed by atoms with van der Waals surface area (Å²) >= 11 is 0. The maximum atomic E-state index is 14.4. The number of carboxylic acid groups (broad SMARTS) is 1. The van der Waals surface area contributed by atoms with Crippen molar-refractivity contribution in [2.75, 3.05) is 6.54 Å². The SMILES string of the molecule is C=C[C@@H]1C[C@]1(NC(=O)[C@@H]1C[C@@H](Oc2ccnc3ccccc23)CN1C(=O)[C@@H](NC(=O)[C@@H](NC(C)=O)C1CCCCC1)C(C)C)C(=O)O. The first-order valence-corrected chi connectivity index (χ1v) is 16.5. The lowest BCUT2D eigenvalue weighted by molar-refractivity contribution is -0.146. The predicted molar refractivity (Wildman–Crippen MR) is 174 cm³/mol. The molecule has 0 unspecified atom stereocenters. The zero-order valence-corrected chi connectivity index (χ0v) is 27.2. The zero-order chi connectivity index (χ0) is 33.9. The number of hydrogen-bond acceptors (Lipinski definition) is 7. The van der Waals surface area contributed by atoms with Gasteiger partial charge in [0, 0.05) is 30.8 Å². The molecule has 3 aliphatic rings. The molecule has 0 radical (unpaired) electrons. The molecule has 2 heterocycles. The number of fused-ring (bicyclic) bond motifs is 1. The van der Waals surface area contributed by atoms with Gasteiger partial charge in [-0.1, -0.05) is 51.3 Å². The summed E-state index contributed by atoms with van der Waals surface area (Å²) in [7, 11) is 0. The molecular weight excluding hydrogens is 602 g/mol. The van der Waals surface area contributed by atoms with Gasteiger partial charge in [-0.05, 0) is 49.3 Å². The quantitative estimate of drug-likeness (QED) is 0.255. The molecule has 1 aromatic heterocycles. The Morgan fingerprint density at radius 3 is 2.45 bits per heavy atom. The average molecular weight is 648 g/mol. The summed E-state index contributed by atoms with van der Waals surface area (Å²) in [4.78, 5) is 71.9. The third-order valence-corrected chi connectivity index (χ3v) is 9.77. The van der Waals surface area contributed by atoms with Crippen LogP contribution in [0.4, 0.5) is 0 Å². The maximum Gasteiger partial charge on any atom is 0.330 e. The minimum atomic E-state index is -1.48. The van der Waals surface area contributed by atoms with Crippen LogP contribution in [0.5, 0.6) is 5.75 Å². The highest BCUT2D eigenvalue weighted by Gasteiger charge is 2.61. The van der Waals surface area contributed by atoms with Crippen molar-refractivity contribution in [3.63, 3.8) is 0 Å². The molecule has 252 valence electrons. The van der Waals surface area contributed by atoms with Crippen LogP contribution in [-0.2, 0) is 24.0 Å². The minimum Gasteiger partial charge on any atom is -0.488 e. The number of hydrogen-bond donors (Lipinski definition) is 4. The van der Waals surface area contributed by atoms with E-state index in [1.807, 2.05) is 24.3 Å². The van der Waals surface area contributed by atoms with Gasteiger partial charge in [0.1, 0.15) is 35.5 Å². The summed E-state index contributed by atoms with van der Waals surface area (Å²) in [5, 5.41) is 19.1. The number of para-hydroxylation sites is 1. The van der Waals surface area contributed by atoms with Gasteiger partial charge in [0.15, 0.2) is 0 Å². The second kappa shape index (κ2) is 14.1. The van der Waals surface area contributed by atoms with Gasteiger partial charge in [-0.25, -0.2) is 4.79 Å². The average Bonchev–Trinajstić information content (AvgIpc) is 3.62. The summed E-state index contributed by atoms with van der Waals surface area (Å²) < 4.78 is 6.39. The number of aromatic nitrogens is 1. The van der Waals surface area contributed by atoms with E-state index in [1.54, 1.807) is 26.1 Å². The first-order valence-electron chi connectivity index (χ1n) is 16.5. The van der Waals surface area contributed by atoms with Crippen LogP contribution >= 0.6 is 0 Å². The normalized spacial score (nSPS) is 25.4. The van der Waals surface area contributed by atoms with Crippen molar-refractivity contribution in [3.8, 4) is 5.75 Å². The van der Waals surface area contributed by atoms with Crippen LogP contribution in [0.3, 0.4) is 0 Å². The van der Waals surface area contributed by atoms with Crippen molar-refractivity contribution in [1.82, 2.24) is 25.8 Å². The highest BCUT2D eigenvalue weighted by molar-refractivity contribution is 5.97. The second-order valence-electron chi connectivity index (χ2n) is 13.4. The van der Waals surface area contributed by atoms with Gasteiger partial charge in [0.05, 0.1) is 12.1 Å². The summed E-state index contributed by atoms with van der Waals surface area (Å²) in [6.07, 6.45) is 7.44. The number of aliphatic carboxylic acids is 1. The largest absolute Gasteiger partial charge is 0.488 e. The van der Waals surface area contributed by atoms with E-state index in [9.17, 15) is 29.1 Å². The number of nitrogens with zero attached hydrogens (tertiary/aromatic N) is 2. The van der Waals surface area contributed by atoms with E-state index in [4.69, 9.17) is 4.74 Å². The van der Waals surface area contributed by atoms with Gasteiger partial charge < -0.3 is 30.7 Å². The number of carboxylic acids is 1. The van der Waals surface area contributed by atoms with E-state index >= 15 is 0 Å². The number of ether oxygens (including phenoxy) is 1. The number of likely N-dealkylation sites (tertiary alicyclic amines) is 1. The molecular formula is C35H45N5O7. The number of nitrogens with one attached hydrogen (secondary N) is 3. The van der Waals surface area contributed by atoms with E-state index in [0.29, 0.717) is 5.75 Å². The Morgan fingerprint density at radius 1 is 1.09 bits per heavy atom. The number of benzene rings is 1. The van der Waals surface area contributed by atoms with Crippen molar-refractivity contribution < 1.29 is 33.8 Å². The zero-order valence-electron chi connectivity index (χ0n) is 27.2. The van der Waals surface area contributed by atoms with Crippen molar-refractivity contribution in [1.29, 1.82) is 0 Å². The third kappa shape index (κ3) is 7.26. The van der Waals surface area contributed by atoms with Crippen LogP contribution in [0.15, 0.2) is 49.2 Å². The molecule has 3 fully saturated rings. The Kier molecular flexibility index (Phi) is 10.2. The summed E-state index contributed by atoms with van der Waals surface area (Å²) in [6, 6.07) is 6.36. The molecule has 0 spiro atoms. The molecule has 12 heteroatoms. The van der Waals surface area contributed by atoms with E-state index in [0.717, 1.165) is 43.0 Å². The Hall–Kier alpha value is -4.48. The van der Waals surface area contributed by atoms with E-state index in [-0.39, 0.29) is 37.1 Å². The molecule has 4 N–H and O–H groups in total. The van der Waals surface area contributed by atoms with Crippen molar-refractivity contribution >= 4 is 40.5 Å². The molecule has 2 saturated carbocycles. The first kappa shape index (κ1) is 33.9. The molecule has 6 atom stereocenters. The Bertz CT molecular complexity index is 1530. The molecule has 1 aromatic carbocycles. The lowest BCUT2D eigenvalue weighted by atomic mass is 9.83. The van der Waals surface area contributed by atoms with Crippen LogP contribution < -0.4 is 20.7 Å². The van der Waals surface area contributed by atoms with Gasteiger partial charge >= 0.3 is 5.97 Å². The van der Waals surface area contributed by atoms with E-state index in [1.165, 1.54) is 17.9 Å². The lowest BCUT2D eigenvalue weighted by Crippen LogP contribution is -2.60. The van der Waals surface area contributed by atoms with Gasteiger partial charge in [0.2, 0.25) is 23.6 Å².